The molecule has 2 nitrogen and oxygen atoms in total. The lowest BCUT2D eigenvalue weighted by atomic mass is 9.82. The van der Waals surface area contributed by atoms with Gasteiger partial charge >= 0.3 is 0 Å². The minimum absolute atomic E-state index is 0.373. The van der Waals surface area contributed by atoms with Crippen molar-refractivity contribution in [3.05, 3.63) is 0 Å². The molecule has 1 saturated heterocycles. The Labute approximate surface area is 125 Å². The molecule has 0 radical (unpaired) electrons. The molecule has 2 aliphatic carbocycles. The fourth-order valence-electron chi connectivity index (χ4n) is 4.13. The maximum absolute atomic E-state index is 3.85. The molecule has 1 aliphatic heterocycles. The zero-order chi connectivity index (χ0) is 14.5. The van der Waals surface area contributed by atoms with Crippen LogP contribution >= 0.6 is 0 Å². The van der Waals surface area contributed by atoms with E-state index in [9.17, 15) is 0 Å². The molecule has 116 valence electrons. The monoisotopic (exact) mass is 278 g/mol. The Morgan fingerprint density at radius 3 is 1.95 bits per heavy atom. The second-order valence-corrected chi connectivity index (χ2v) is 9.00. The zero-order valence-corrected chi connectivity index (χ0v) is 14.2. The Morgan fingerprint density at radius 2 is 1.55 bits per heavy atom. The van der Waals surface area contributed by atoms with E-state index in [4.69, 9.17) is 0 Å². The lowest BCUT2D eigenvalue weighted by Gasteiger charge is -2.50. The second-order valence-electron chi connectivity index (χ2n) is 9.00. The van der Waals surface area contributed by atoms with Crippen LogP contribution in [0.2, 0.25) is 0 Å². The van der Waals surface area contributed by atoms with Gasteiger partial charge in [0.2, 0.25) is 0 Å². The second kappa shape index (κ2) is 5.28. The fraction of sp³-hybridized carbons (Fsp3) is 1.00. The summed E-state index contributed by atoms with van der Waals surface area (Å²) in [5, 5.41) is 3.85. The van der Waals surface area contributed by atoms with E-state index in [0.717, 1.165) is 29.8 Å². The largest absolute Gasteiger partial charge is 0.311 e. The standard InChI is InChI=1S/C18H34N2/c1-12(2)15-10-19-16(18(3,4)5)11-20(15)17(13-6-7-13)14-8-9-14/h12-17,19H,6-11H2,1-5H3. The molecule has 0 amide bonds. The summed E-state index contributed by atoms with van der Waals surface area (Å²) in [4.78, 5) is 2.95. The highest BCUT2D eigenvalue weighted by Crippen LogP contribution is 2.48. The van der Waals surface area contributed by atoms with Crippen molar-refractivity contribution in [1.82, 2.24) is 10.2 Å². The van der Waals surface area contributed by atoms with Crippen LogP contribution in [0.5, 0.6) is 0 Å². The highest BCUT2D eigenvalue weighted by atomic mass is 15.3. The summed E-state index contributed by atoms with van der Waals surface area (Å²) in [7, 11) is 0. The van der Waals surface area contributed by atoms with Gasteiger partial charge in [-0.15, -0.1) is 0 Å². The van der Waals surface area contributed by atoms with Gasteiger partial charge in [0, 0.05) is 31.2 Å². The van der Waals surface area contributed by atoms with Crippen LogP contribution in [0.4, 0.5) is 0 Å². The average Bonchev–Trinajstić information content (AvgIpc) is 3.22. The van der Waals surface area contributed by atoms with E-state index < -0.39 is 0 Å². The van der Waals surface area contributed by atoms with Crippen LogP contribution in [0.15, 0.2) is 0 Å². The topological polar surface area (TPSA) is 15.3 Å². The van der Waals surface area contributed by atoms with Gasteiger partial charge in [-0.1, -0.05) is 34.6 Å². The minimum Gasteiger partial charge on any atom is -0.311 e. The molecular weight excluding hydrogens is 244 g/mol. The smallest absolute Gasteiger partial charge is 0.0247 e. The first kappa shape index (κ1) is 14.8. The molecule has 0 aromatic carbocycles. The van der Waals surface area contributed by atoms with E-state index in [1.807, 2.05) is 0 Å². The Morgan fingerprint density at radius 1 is 1.00 bits per heavy atom. The van der Waals surface area contributed by atoms with E-state index >= 15 is 0 Å². The molecule has 3 fully saturated rings. The molecule has 2 heteroatoms. The molecule has 3 rings (SSSR count). The molecule has 3 aliphatic rings. The van der Waals surface area contributed by atoms with Crippen LogP contribution in [0.1, 0.15) is 60.3 Å². The third-order valence-corrected chi connectivity index (χ3v) is 5.80. The summed E-state index contributed by atoms with van der Waals surface area (Å²) in [5.74, 6) is 2.83. The van der Waals surface area contributed by atoms with Crippen LogP contribution in [-0.2, 0) is 0 Å². The van der Waals surface area contributed by atoms with Crippen LogP contribution in [-0.4, -0.2) is 36.1 Å². The van der Waals surface area contributed by atoms with Crippen molar-refractivity contribution < 1.29 is 0 Å². The lowest BCUT2D eigenvalue weighted by Crippen LogP contribution is -2.64. The number of rotatable bonds is 4. The number of piperazine rings is 1. The maximum Gasteiger partial charge on any atom is 0.0247 e. The van der Waals surface area contributed by atoms with Gasteiger partial charge in [0.1, 0.15) is 0 Å². The number of hydrogen-bond donors (Lipinski definition) is 1. The lowest BCUT2D eigenvalue weighted by molar-refractivity contribution is 0.0134. The van der Waals surface area contributed by atoms with Crippen molar-refractivity contribution in [3.63, 3.8) is 0 Å². The van der Waals surface area contributed by atoms with Crippen molar-refractivity contribution >= 4 is 0 Å². The molecule has 0 aromatic rings. The summed E-state index contributed by atoms with van der Waals surface area (Å²) in [6, 6.07) is 2.31. The third-order valence-electron chi connectivity index (χ3n) is 5.80. The SMILES string of the molecule is CC(C)C1CNC(C(C)(C)C)CN1C(C1CC1)C1CC1. The van der Waals surface area contributed by atoms with E-state index in [0.29, 0.717) is 11.5 Å². The van der Waals surface area contributed by atoms with E-state index in [1.165, 1.54) is 38.8 Å². The summed E-state index contributed by atoms with van der Waals surface area (Å²) >= 11 is 0. The molecule has 0 aromatic heterocycles. The average molecular weight is 278 g/mol. The first-order chi connectivity index (χ1) is 9.38. The van der Waals surface area contributed by atoms with Gasteiger partial charge in [0.15, 0.2) is 0 Å². The maximum atomic E-state index is 3.85. The Bertz CT molecular complexity index is 324. The molecule has 20 heavy (non-hydrogen) atoms. The first-order valence-electron chi connectivity index (χ1n) is 8.87. The predicted octanol–water partition coefficient (Wildman–Crippen LogP) is 3.52. The third kappa shape index (κ3) is 3.06. The fourth-order valence-corrected chi connectivity index (χ4v) is 4.13. The van der Waals surface area contributed by atoms with Crippen molar-refractivity contribution in [2.45, 2.75) is 78.4 Å². The summed E-state index contributed by atoms with van der Waals surface area (Å²) in [6.07, 6.45) is 5.98. The van der Waals surface area contributed by atoms with Gasteiger partial charge in [-0.3, -0.25) is 4.90 Å². The number of nitrogens with zero attached hydrogens (tertiary/aromatic N) is 1. The van der Waals surface area contributed by atoms with Crippen molar-refractivity contribution in [1.29, 1.82) is 0 Å². The molecule has 1 N–H and O–H groups in total. The van der Waals surface area contributed by atoms with Crippen LogP contribution in [0.25, 0.3) is 0 Å². The summed E-state index contributed by atoms with van der Waals surface area (Å²) in [6.45, 7) is 14.5. The number of hydrogen-bond acceptors (Lipinski definition) is 2. The van der Waals surface area contributed by atoms with Gasteiger partial charge in [0.25, 0.3) is 0 Å². The normalized spacial score (nSPS) is 33.1. The first-order valence-corrected chi connectivity index (χ1v) is 8.87. The molecule has 2 atom stereocenters. The molecule has 0 bridgehead atoms. The predicted molar refractivity (Wildman–Crippen MR) is 85.8 cm³/mol. The Hall–Kier alpha value is -0.0800. The summed E-state index contributed by atoms with van der Waals surface area (Å²) < 4.78 is 0. The molecule has 2 saturated carbocycles. The molecule has 0 spiro atoms. The highest BCUT2D eigenvalue weighted by molar-refractivity contribution is 5.03. The highest BCUT2D eigenvalue weighted by Gasteiger charge is 2.48. The van der Waals surface area contributed by atoms with E-state index in [2.05, 4.69) is 44.8 Å². The van der Waals surface area contributed by atoms with Crippen LogP contribution in [0, 0.1) is 23.2 Å². The van der Waals surface area contributed by atoms with Crippen molar-refractivity contribution in [2.24, 2.45) is 23.2 Å². The Kier molecular flexibility index (Phi) is 3.92. The van der Waals surface area contributed by atoms with Gasteiger partial charge < -0.3 is 5.32 Å². The quantitative estimate of drug-likeness (QED) is 0.846. The van der Waals surface area contributed by atoms with Crippen LogP contribution in [0.3, 0.4) is 0 Å². The van der Waals surface area contributed by atoms with Crippen molar-refractivity contribution in [2.75, 3.05) is 13.1 Å². The molecular formula is C18H34N2. The van der Waals surface area contributed by atoms with Gasteiger partial charge in [-0.2, -0.15) is 0 Å². The minimum atomic E-state index is 0.373. The van der Waals surface area contributed by atoms with Gasteiger partial charge in [-0.05, 0) is 48.9 Å². The molecule has 2 unspecified atom stereocenters. The van der Waals surface area contributed by atoms with Crippen LogP contribution < -0.4 is 5.32 Å². The van der Waals surface area contributed by atoms with Gasteiger partial charge in [-0.25, -0.2) is 0 Å². The van der Waals surface area contributed by atoms with E-state index in [-0.39, 0.29) is 0 Å². The Balaban J connectivity index is 1.77. The van der Waals surface area contributed by atoms with Gasteiger partial charge in [0.05, 0.1) is 0 Å². The van der Waals surface area contributed by atoms with Crippen molar-refractivity contribution in [3.8, 4) is 0 Å². The zero-order valence-electron chi connectivity index (χ0n) is 14.2. The number of nitrogens with one attached hydrogen (secondary N) is 1. The molecule has 1 heterocycles. The summed E-state index contributed by atoms with van der Waals surface area (Å²) in [5.41, 5.74) is 0.373. The van der Waals surface area contributed by atoms with E-state index in [1.54, 1.807) is 0 Å².